The van der Waals surface area contributed by atoms with Crippen LogP contribution in [0.4, 0.5) is 0 Å². The van der Waals surface area contributed by atoms with Crippen molar-refractivity contribution in [2.45, 2.75) is 20.8 Å². The van der Waals surface area contributed by atoms with Crippen molar-refractivity contribution >= 4 is 0 Å². The Kier molecular flexibility index (Phi) is 11.9. The molecule has 3 nitrogen and oxygen atoms in total. The van der Waals surface area contributed by atoms with Crippen molar-refractivity contribution in [1.29, 1.82) is 0 Å². The highest BCUT2D eigenvalue weighted by molar-refractivity contribution is 5.26. The van der Waals surface area contributed by atoms with E-state index in [9.17, 15) is 0 Å². The Morgan fingerprint density at radius 3 is 2.20 bits per heavy atom. The lowest BCUT2D eigenvalue weighted by Crippen LogP contribution is -2.31. The molecule has 0 spiro atoms. The molecule has 3 heteroatoms. The van der Waals surface area contributed by atoms with Gasteiger partial charge in [-0.1, -0.05) is 30.7 Å². The van der Waals surface area contributed by atoms with Gasteiger partial charge in [-0.3, -0.25) is 4.90 Å². The molecule has 0 N–H and O–H groups in total. The summed E-state index contributed by atoms with van der Waals surface area (Å²) in [5.74, 6) is 0.943. The number of aryl methyl sites for hydroxylation is 1. The molecule has 0 bridgehead atoms. The van der Waals surface area contributed by atoms with Crippen LogP contribution in [0.1, 0.15) is 19.4 Å². The molecule has 0 atom stereocenters. The monoisotopic (exact) mass is 279 g/mol. The van der Waals surface area contributed by atoms with Gasteiger partial charge in [0.25, 0.3) is 0 Å². The van der Waals surface area contributed by atoms with E-state index in [2.05, 4.69) is 37.5 Å². The molecule has 114 valence electrons. The first-order valence-corrected chi connectivity index (χ1v) is 7.15. The number of ether oxygens (including phenoxy) is 2. The largest absolute Gasteiger partial charge is 0.492 e. The van der Waals surface area contributed by atoms with E-state index >= 15 is 0 Å². The first-order chi connectivity index (χ1) is 9.67. The van der Waals surface area contributed by atoms with Gasteiger partial charge in [-0.05, 0) is 32.5 Å². The van der Waals surface area contributed by atoms with Crippen LogP contribution in [0.25, 0.3) is 0 Å². The van der Waals surface area contributed by atoms with Gasteiger partial charge in [0.15, 0.2) is 0 Å². The maximum Gasteiger partial charge on any atom is 0.119 e. The van der Waals surface area contributed by atoms with Crippen LogP contribution < -0.4 is 4.74 Å². The van der Waals surface area contributed by atoms with Crippen LogP contribution in [-0.2, 0) is 4.74 Å². The lowest BCUT2D eigenvalue weighted by Gasteiger charge is -2.19. The molecule has 20 heavy (non-hydrogen) atoms. The summed E-state index contributed by atoms with van der Waals surface area (Å²) in [6, 6.07) is 8.16. The standard InChI is InChI=1S/C14H23NO2.C3H6/c1-4-15(9-11-16-3)10-12-17-14-7-5-13(2)6-8-14;1-3-2/h5-8H,4,9-12H2,1-3H3;3H,1H2,2H3. The number of hydrogen-bond acceptors (Lipinski definition) is 3. The lowest BCUT2D eigenvalue weighted by molar-refractivity contribution is 0.138. The fourth-order valence-corrected chi connectivity index (χ4v) is 1.58. The summed E-state index contributed by atoms with van der Waals surface area (Å²) in [4.78, 5) is 2.32. The van der Waals surface area contributed by atoms with Crippen molar-refractivity contribution in [3.63, 3.8) is 0 Å². The van der Waals surface area contributed by atoms with E-state index in [0.29, 0.717) is 0 Å². The molecule has 0 amide bonds. The molecule has 0 unspecified atom stereocenters. The van der Waals surface area contributed by atoms with Crippen molar-refractivity contribution in [3.8, 4) is 5.75 Å². The second-order valence-corrected chi connectivity index (χ2v) is 4.50. The van der Waals surface area contributed by atoms with E-state index in [1.165, 1.54) is 5.56 Å². The molecule has 0 radical (unpaired) electrons. The number of rotatable bonds is 8. The van der Waals surface area contributed by atoms with E-state index < -0.39 is 0 Å². The van der Waals surface area contributed by atoms with E-state index in [-0.39, 0.29) is 0 Å². The Morgan fingerprint density at radius 1 is 1.15 bits per heavy atom. The smallest absolute Gasteiger partial charge is 0.119 e. The van der Waals surface area contributed by atoms with Crippen LogP contribution >= 0.6 is 0 Å². The van der Waals surface area contributed by atoms with Gasteiger partial charge in [0.2, 0.25) is 0 Å². The quantitative estimate of drug-likeness (QED) is 0.679. The van der Waals surface area contributed by atoms with Crippen molar-refractivity contribution < 1.29 is 9.47 Å². The minimum absolute atomic E-state index is 0.723. The lowest BCUT2D eigenvalue weighted by atomic mass is 10.2. The molecule has 0 saturated heterocycles. The maximum absolute atomic E-state index is 5.69. The molecule has 0 aliphatic rings. The zero-order chi connectivity index (χ0) is 15.2. The van der Waals surface area contributed by atoms with Crippen molar-refractivity contribution in [2.24, 2.45) is 0 Å². The third kappa shape index (κ3) is 9.59. The number of allylic oxidation sites excluding steroid dienone is 1. The highest BCUT2D eigenvalue weighted by Crippen LogP contribution is 2.11. The van der Waals surface area contributed by atoms with Crippen LogP contribution in [0.2, 0.25) is 0 Å². The summed E-state index contributed by atoms with van der Waals surface area (Å²) in [5.41, 5.74) is 1.26. The van der Waals surface area contributed by atoms with Gasteiger partial charge >= 0.3 is 0 Å². The topological polar surface area (TPSA) is 21.7 Å². The van der Waals surface area contributed by atoms with E-state index in [1.807, 2.05) is 19.1 Å². The summed E-state index contributed by atoms with van der Waals surface area (Å²) in [5, 5.41) is 0. The zero-order valence-electron chi connectivity index (χ0n) is 13.4. The Balaban J connectivity index is 0.00000110. The normalized spacial score (nSPS) is 9.85. The van der Waals surface area contributed by atoms with Gasteiger partial charge in [0.1, 0.15) is 12.4 Å². The molecule has 1 aromatic rings. The van der Waals surface area contributed by atoms with Crippen LogP contribution in [0.15, 0.2) is 36.9 Å². The Hall–Kier alpha value is -1.32. The summed E-state index contributed by atoms with van der Waals surface area (Å²) in [7, 11) is 1.73. The minimum Gasteiger partial charge on any atom is -0.492 e. The fraction of sp³-hybridized carbons (Fsp3) is 0.529. The number of nitrogens with zero attached hydrogens (tertiary/aromatic N) is 1. The predicted octanol–water partition coefficient (Wildman–Crippen LogP) is 3.53. The molecule has 0 aromatic heterocycles. The third-order valence-electron chi connectivity index (χ3n) is 2.76. The first-order valence-electron chi connectivity index (χ1n) is 7.15. The minimum atomic E-state index is 0.723. The Labute approximate surface area is 124 Å². The van der Waals surface area contributed by atoms with Gasteiger partial charge < -0.3 is 9.47 Å². The van der Waals surface area contributed by atoms with Crippen molar-refractivity contribution in [2.75, 3.05) is 40.0 Å². The van der Waals surface area contributed by atoms with Gasteiger partial charge in [-0.15, -0.1) is 6.58 Å². The number of hydrogen-bond donors (Lipinski definition) is 0. The molecule has 0 aliphatic carbocycles. The molecule has 0 heterocycles. The van der Waals surface area contributed by atoms with E-state index in [0.717, 1.165) is 38.6 Å². The van der Waals surface area contributed by atoms with Crippen LogP contribution in [0, 0.1) is 6.92 Å². The van der Waals surface area contributed by atoms with Crippen LogP contribution in [-0.4, -0.2) is 44.9 Å². The molecular weight excluding hydrogens is 250 g/mol. The summed E-state index contributed by atoms with van der Waals surface area (Å²) < 4.78 is 10.8. The third-order valence-corrected chi connectivity index (χ3v) is 2.76. The number of likely N-dealkylation sites (N-methyl/N-ethyl adjacent to an activating group) is 1. The number of methoxy groups -OCH3 is 1. The second-order valence-electron chi connectivity index (χ2n) is 4.50. The first kappa shape index (κ1) is 18.7. The molecule has 1 aromatic carbocycles. The fourth-order valence-electron chi connectivity index (χ4n) is 1.58. The Morgan fingerprint density at radius 2 is 1.70 bits per heavy atom. The van der Waals surface area contributed by atoms with E-state index in [4.69, 9.17) is 9.47 Å². The molecule has 1 rings (SSSR count). The second kappa shape index (κ2) is 12.7. The SMILES string of the molecule is C=CC.CCN(CCOC)CCOc1ccc(C)cc1. The molecular formula is C17H29NO2. The summed E-state index contributed by atoms with van der Waals surface area (Å²) in [6.07, 6.45) is 1.75. The van der Waals surface area contributed by atoms with Gasteiger partial charge in [0, 0.05) is 20.2 Å². The molecule has 0 saturated carbocycles. The summed E-state index contributed by atoms with van der Waals surface area (Å²) in [6.45, 7) is 13.9. The van der Waals surface area contributed by atoms with Gasteiger partial charge in [-0.25, -0.2) is 0 Å². The van der Waals surface area contributed by atoms with Gasteiger partial charge in [0.05, 0.1) is 6.61 Å². The number of benzene rings is 1. The van der Waals surface area contributed by atoms with Gasteiger partial charge in [-0.2, -0.15) is 0 Å². The van der Waals surface area contributed by atoms with Crippen LogP contribution in [0.5, 0.6) is 5.75 Å². The zero-order valence-corrected chi connectivity index (χ0v) is 13.4. The highest BCUT2D eigenvalue weighted by atomic mass is 16.5. The van der Waals surface area contributed by atoms with E-state index in [1.54, 1.807) is 13.2 Å². The van der Waals surface area contributed by atoms with Crippen molar-refractivity contribution in [1.82, 2.24) is 4.90 Å². The molecule has 0 fully saturated rings. The van der Waals surface area contributed by atoms with Crippen molar-refractivity contribution in [3.05, 3.63) is 42.5 Å². The predicted molar refractivity (Wildman–Crippen MR) is 86.5 cm³/mol. The summed E-state index contributed by atoms with van der Waals surface area (Å²) >= 11 is 0. The van der Waals surface area contributed by atoms with Crippen LogP contribution in [0.3, 0.4) is 0 Å². The average molecular weight is 279 g/mol. The Bertz CT molecular complexity index is 335. The molecule has 0 aliphatic heterocycles. The maximum atomic E-state index is 5.69. The average Bonchev–Trinajstić information content (AvgIpc) is 2.45. The highest BCUT2D eigenvalue weighted by Gasteiger charge is 2.01.